The fourth-order valence-corrected chi connectivity index (χ4v) is 1.98. The van der Waals surface area contributed by atoms with Gasteiger partial charge in [0.15, 0.2) is 0 Å². The van der Waals surface area contributed by atoms with Gasteiger partial charge < -0.3 is 5.11 Å². The first kappa shape index (κ1) is 13.5. The van der Waals surface area contributed by atoms with Crippen molar-refractivity contribution < 1.29 is 9.90 Å². The number of benzene rings is 1. The fourth-order valence-electron chi connectivity index (χ4n) is 1.75. The van der Waals surface area contributed by atoms with E-state index in [1.165, 1.54) is 16.9 Å². The minimum Gasteiger partial charge on any atom is -0.476 e. The van der Waals surface area contributed by atoms with E-state index in [-0.39, 0.29) is 0 Å². The Morgan fingerprint density at radius 2 is 1.89 bits per heavy atom. The van der Waals surface area contributed by atoms with Crippen LogP contribution in [-0.4, -0.2) is 20.9 Å². The fraction of sp³-hybridized carbons (Fsp3) is 0.154. The zero-order valence-corrected chi connectivity index (χ0v) is 11.9. The molecule has 0 bridgehead atoms. The molecule has 0 amide bonds. The van der Waals surface area contributed by atoms with Crippen LogP contribution in [0.1, 0.15) is 21.6 Å². The Labute approximate surface area is 117 Å². The third-order valence-electron chi connectivity index (χ3n) is 2.70. The van der Waals surface area contributed by atoms with Gasteiger partial charge in [0.05, 0.1) is 5.69 Å². The summed E-state index contributed by atoms with van der Waals surface area (Å²) in [5.41, 5.74) is 1.63. The molecular weight excluding hydrogens is 312 g/mol. The molecule has 5 nitrogen and oxygen atoms in total. The normalized spacial score (nSPS) is 10.5. The van der Waals surface area contributed by atoms with E-state index in [1.54, 1.807) is 0 Å². The van der Waals surface area contributed by atoms with E-state index in [0.717, 1.165) is 15.6 Å². The van der Waals surface area contributed by atoms with Gasteiger partial charge in [-0.1, -0.05) is 15.9 Å². The highest BCUT2D eigenvalue weighted by Gasteiger charge is 2.12. The number of rotatable bonds is 2. The topological polar surface area (TPSA) is 72.2 Å². The van der Waals surface area contributed by atoms with Gasteiger partial charge in [-0.15, -0.1) is 0 Å². The number of hydrogen-bond acceptors (Lipinski definition) is 3. The molecule has 0 saturated carbocycles. The summed E-state index contributed by atoms with van der Waals surface area (Å²) >= 11 is 3.46. The SMILES string of the molecule is Cc1cc(-n2ccc(=O)c(C(=O)O)n2)cc(C)c1Br. The summed E-state index contributed by atoms with van der Waals surface area (Å²) in [6.45, 7) is 3.86. The number of carboxylic acids is 1. The van der Waals surface area contributed by atoms with Crippen molar-refractivity contribution in [2.24, 2.45) is 0 Å². The number of carboxylic acid groups (broad SMARTS) is 1. The summed E-state index contributed by atoms with van der Waals surface area (Å²) in [5.74, 6) is -1.33. The van der Waals surface area contributed by atoms with Crippen LogP contribution in [-0.2, 0) is 0 Å². The molecule has 0 saturated heterocycles. The molecule has 0 aliphatic heterocycles. The molecule has 6 heteroatoms. The number of aryl methyl sites for hydroxylation is 2. The maximum absolute atomic E-state index is 11.4. The van der Waals surface area contributed by atoms with Gasteiger partial charge in [0.25, 0.3) is 0 Å². The second kappa shape index (κ2) is 4.97. The molecule has 2 aromatic rings. The summed E-state index contributed by atoms with van der Waals surface area (Å²) in [5, 5.41) is 12.8. The van der Waals surface area contributed by atoms with Gasteiger partial charge in [0.1, 0.15) is 0 Å². The molecule has 1 N–H and O–H groups in total. The number of nitrogens with zero attached hydrogens (tertiary/aromatic N) is 2. The molecule has 1 heterocycles. The third kappa shape index (κ3) is 2.58. The average molecular weight is 323 g/mol. The Morgan fingerprint density at radius 3 is 2.42 bits per heavy atom. The highest BCUT2D eigenvalue weighted by molar-refractivity contribution is 9.10. The van der Waals surface area contributed by atoms with Crippen molar-refractivity contribution >= 4 is 21.9 Å². The zero-order chi connectivity index (χ0) is 14.2. The molecule has 1 aromatic carbocycles. The van der Waals surface area contributed by atoms with Crippen molar-refractivity contribution in [1.29, 1.82) is 0 Å². The van der Waals surface area contributed by atoms with Crippen LogP contribution in [0.2, 0.25) is 0 Å². The maximum Gasteiger partial charge on any atom is 0.360 e. The first-order chi connectivity index (χ1) is 8.90. The Hall–Kier alpha value is -1.95. The summed E-state index contributed by atoms with van der Waals surface area (Å²) in [6.07, 6.45) is 1.46. The first-order valence-electron chi connectivity index (χ1n) is 5.50. The molecule has 0 unspecified atom stereocenters. The molecule has 2 rings (SSSR count). The van der Waals surface area contributed by atoms with E-state index in [9.17, 15) is 9.59 Å². The Balaban J connectivity index is 2.63. The Kier molecular flexibility index (Phi) is 3.53. The Morgan fingerprint density at radius 1 is 1.32 bits per heavy atom. The number of hydrogen-bond donors (Lipinski definition) is 1. The molecule has 0 fully saturated rings. The summed E-state index contributed by atoms with van der Waals surface area (Å²) in [6, 6.07) is 4.92. The molecule has 0 aliphatic rings. The molecule has 19 heavy (non-hydrogen) atoms. The molecule has 0 atom stereocenters. The molecule has 98 valence electrons. The van der Waals surface area contributed by atoms with E-state index < -0.39 is 17.1 Å². The number of carbonyl (C=O) groups is 1. The van der Waals surface area contributed by atoms with Gasteiger partial charge in [-0.05, 0) is 37.1 Å². The van der Waals surface area contributed by atoms with E-state index in [0.29, 0.717) is 5.69 Å². The van der Waals surface area contributed by atoms with Crippen LogP contribution in [0.4, 0.5) is 0 Å². The Bertz CT molecular complexity index is 699. The molecule has 1 aromatic heterocycles. The van der Waals surface area contributed by atoms with Crippen LogP contribution >= 0.6 is 15.9 Å². The van der Waals surface area contributed by atoms with E-state index >= 15 is 0 Å². The highest BCUT2D eigenvalue weighted by Crippen LogP contribution is 2.23. The van der Waals surface area contributed by atoms with Gasteiger partial charge >= 0.3 is 5.97 Å². The number of aromatic nitrogens is 2. The third-order valence-corrected chi connectivity index (χ3v) is 3.95. The monoisotopic (exact) mass is 322 g/mol. The largest absolute Gasteiger partial charge is 0.476 e. The van der Waals surface area contributed by atoms with Crippen LogP contribution in [0.25, 0.3) is 5.69 Å². The predicted octanol–water partition coefficient (Wildman–Crippen LogP) is 2.31. The van der Waals surface area contributed by atoms with Gasteiger partial charge in [-0.2, -0.15) is 5.10 Å². The zero-order valence-electron chi connectivity index (χ0n) is 10.3. The lowest BCUT2D eigenvalue weighted by atomic mass is 10.1. The van der Waals surface area contributed by atoms with Crippen molar-refractivity contribution in [2.75, 3.05) is 0 Å². The van der Waals surface area contributed by atoms with Gasteiger partial charge in [0, 0.05) is 16.7 Å². The second-order valence-corrected chi connectivity index (χ2v) is 4.96. The molecule has 0 aliphatic carbocycles. The summed E-state index contributed by atoms with van der Waals surface area (Å²) in [7, 11) is 0. The lowest BCUT2D eigenvalue weighted by Gasteiger charge is -2.10. The van der Waals surface area contributed by atoms with Crippen molar-refractivity contribution in [3.05, 3.63) is 55.9 Å². The van der Waals surface area contributed by atoms with Crippen LogP contribution in [0.3, 0.4) is 0 Å². The van der Waals surface area contributed by atoms with Crippen LogP contribution < -0.4 is 5.43 Å². The van der Waals surface area contributed by atoms with Crippen LogP contribution in [0.15, 0.2) is 33.7 Å². The lowest BCUT2D eigenvalue weighted by molar-refractivity contribution is 0.0687. The summed E-state index contributed by atoms with van der Waals surface area (Å²) < 4.78 is 2.38. The van der Waals surface area contributed by atoms with Gasteiger partial charge in [-0.3, -0.25) is 4.79 Å². The smallest absolute Gasteiger partial charge is 0.360 e. The maximum atomic E-state index is 11.4. The van der Waals surface area contributed by atoms with Crippen molar-refractivity contribution in [3.8, 4) is 5.69 Å². The lowest BCUT2D eigenvalue weighted by Crippen LogP contribution is -2.20. The number of halogens is 1. The standard InChI is InChI=1S/C13H11BrN2O3/c1-7-5-9(6-8(2)11(7)14)16-4-3-10(17)12(15-16)13(18)19/h3-6H,1-2H3,(H,18,19). The van der Waals surface area contributed by atoms with E-state index in [1.807, 2.05) is 26.0 Å². The molecule has 0 radical (unpaired) electrons. The van der Waals surface area contributed by atoms with E-state index in [4.69, 9.17) is 5.11 Å². The second-order valence-electron chi connectivity index (χ2n) is 4.17. The van der Waals surface area contributed by atoms with Gasteiger partial charge in [-0.25, -0.2) is 9.48 Å². The van der Waals surface area contributed by atoms with Crippen molar-refractivity contribution in [2.45, 2.75) is 13.8 Å². The summed E-state index contributed by atoms with van der Waals surface area (Å²) in [4.78, 5) is 22.3. The minimum absolute atomic E-state index is 0.485. The average Bonchev–Trinajstić information content (AvgIpc) is 2.35. The highest BCUT2D eigenvalue weighted by atomic mass is 79.9. The minimum atomic E-state index is -1.33. The first-order valence-corrected chi connectivity index (χ1v) is 6.30. The van der Waals surface area contributed by atoms with Crippen LogP contribution in [0, 0.1) is 13.8 Å². The van der Waals surface area contributed by atoms with Crippen LogP contribution in [0.5, 0.6) is 0 Å². The number of aromatic carboxylic acids is 1. The predicted molar refractivity (Wildman–Crippen MR) is 74.0 cm³/mol. The van der Waals surface area contributed by atoms with Crippen molar-refractivity contribution in [3.63, 3.8) is 0 Å². The quantitative estimate of drug-likeness (QED) is 0.920. The van der Waals surface area contributed by atoms with Gasteiger partial charge in [0.2, 0.25) is 11.1 Å². The molecule has 0 spiro atoms. The molecular formula is C13H11BrN2O3. The van der Waals surface area contributed by atoms with E-state index in [2.05, 4.69) is 21.0 Å². The van der Waals surface area contributed by atoms with Crippen molar-refractivity contribution in [1.82, 2.24) is 9.78 Å².